The maximum Gasteiger partial charge on any atom is 0.338 e. The summed E-state index contributed by atoms with van der Waals surface area (Å²) in [5.74, 6) is -0.520. The number of amides is 1. The molecule has 0 aliphatic carbocycles. The number of hydrogen-bond acceptors (Lipinski definition) is 4. The zero-order valence-corrected chi connectivity index (χ0v) is 18.2. The third kappa shape index (κ3) is 8.97. The number of halogens is 3. The van der Waals surface area contributed by atoms with Crippen LogP contribution in [-0.2, 0) is 9.53 Å². The maximum atomic E-state index is 12.0. The van der Waals surface area contributed by atoms with Gasteiger partial charge in [0, 0.05) is 12.1 Å². The topological polar surface area (TPSA) is 79.5 Å². The monoisotopic (exact) mass is 453 g/mol. The molecule has 1 rings (SSSR count). The van der Waals surface area contributed by atoms with Crippen LogP contribution >= 0.6 is 47.0 Å². The number of thiocarbonyl (C=S) groups is 1. The van der Waals surface area contributed by atoms with Gasteiger partial charge in [-0.1, -0.05) is 48.7 Å². The molecular weight excluding hydrogens is 433 g/mol. The van der Waals surface area contributed by atoms with E-state index < -0.39 is 15.9 Å². The lowest BCUT2D eigenvalue weighted by molar-refractivity contribution is -0.122. The summed E-state index contributed by atoms with van der Waals surface area (Å²) < 4.78 is 3.11. The van der Waals surface area contributed by atoms with E-state index in [9.17, 15) is 9.59 Å². The molecule has 0 spiro atoms. The number of alkyl halides is 3. The Kier molecular flexibility index (Phi) is 9.59. The number of rotatable bonds is 7. The standard InChI is InChI=1S/C17H22Cl3N3O3S/c1-4-26-14(25)11-5-7-12(8-6-11)21-16(27)23-15(17(18,19)20)22-13(24)9-10(2)3/h5-8,10,15H,4,9H2,1-3H3,(H,22,24)(H2,21,23,27)/t15-/m1/s1. The molecule has 0 bridgehead atoms. The van der Waals surface area contributed by atoms with E-state index in [0.29, 0.717) is 17.9 Å². The first kappa shape index (κ1) is 23.8. The minimum absolute atomic E-state index is 0.139. The number of esters is 1. The van der Waals surface area contributed by atoms with Crippen LogP contribution in [0.5, 0.6) is 0 Å². The molecule has 0 aliphatic heterocycles. The molecule has 1 amide bonds. The maximum absolute atomic E-state index is 12.0. The fraction of sp³-hybridized carbons (Fsp3) is 0.471. The second kappa shape index (κ2) is 10.9. The first-order chi connectivity index (χ1) is 12.5. The number of anilines is 1. The minimum atomic E-state index is -1.81. The molecule has 1 atom stereocenters. The lowest BCUT2D eigenvalue weighted by atomic mass is 10.1. The average molecular weight is 455 g/mol. The fourth-order valence-corrected chi connectivity index (χ4v) is 2.56. The predicted octanol–water partition coefficient (Wildman–Crippen LogP) is 4.01. The van der Waals surface area contributed by atoms with Crippen molar-refractivity contribution in [1.29, 1.82) is 0 Å². The van der Waals surface area contributed by atoms with Crippen LogP contribution in [0.2, 0.25) is 0 Å². The molecule has 0 heterocycles. The quantitative estimate of drug-likeness (QED) is 0.250. The molecule has 0 aliphatic rings. The summed E-state index contributed by atoms with van der Waals surface area (Å²) in [6, 6.07) is 6.50. The summed E-state index contributed by atoms with van der Waals surface area (Å²) in [4.78, 5) is 23.6. The number of carbonyl (C=O) groups is 2. The SMILES string of the molecule is CCOC(=O)c1ccc(NC(=S)N[C@@H](NC(=O)CC(C)C)C(Cl)(Cl)Cl)cc1. The van der Waals surface area contributed by atoms with Crippen molar-refractivity contribution in [3.63, 3.8) is 0 Å². The Morgan fingerprint density at radius 2 is 1.74 bits per heavy atom. The molecule has 0 unspecified atom stereocenters. The number of ether oxygens (including phenoxy) is 1. The van der Waals surface area contributed by atoms with E-state index >= 15 is 0 Å². The molecule has 0 radical (unpaired) electrons. The van der Waals surface area contributed by atoms with Gasteiger partial charge in [0.15, 0.2) is 5.11 Å². The van der Waals surface area contributed by atoms with E-state index in [2.05, 4.69) is 16.0 Å². The number of hydrogen-bond donors (Lipinski definition) is 3. The third-order valence-electron chi connectivity index (χ3n) is 3.16. The van der Waals surface area contributed by atoms with Crippen molar-refractivity contribution in [1.82, 2.24) is 10.6 Å². The number of nitrogens with one attached hydrogen (secondary N) is 3. The van der Waals surface area contributed by atoms with E-state index in [4.69, 9.17) is 51.8 Å². The molecule has 0 aromatic heterocycles. The van der Waals surface area contributed by atoms with Gasteiger partial charge in [0.25, 0.3) is 0 Å². The molecule has 10 heteroatoms. The van der Waals surface area contributed by atoms with Crippen LogP contribution in [0.1, 0.15) is 37.6 Å². The van der Waals surface area contributed by atoms with Crippen LogP contribution in [0.15, 0.2) is 24.3 Å². The first-order valence-electron chi connectivity index (χ1n) is 8.23. The zero-order chi connectivity index (χ0) is 20.6. The van der Waals surface area contributed by atoms with Gasteiger partial charge in [-0.25, -0.2) is 4.79 Å². The van der Waals surface area contributed by atoms with Crippen LogP contribution in [-0.4, -0.2) is 33.6 Å². The van der Waals surface area contributed by atoms with E-state index in [1.54, 1.807) is 31.2 Å². The lowest BCUT2D eigenvalue weighted by Crippen LogP contribution is -2.56. The Bertz CT molecular complexity index is 664. The highest BCUT2D eigenvalue weighted by atomic mass is 35.6. The largest absolute Gasteiger partial charge is 0.462 e. The summed E-state index contributed by atoms with van der Waals surface area (Å²) >= 11 is 23.0. The molecular formula is C17H22Cl3N3O3S. The smallest absolute Gasteiger partial charge is 0.338 e. The molecule has 3 N–H and O–H groups in total. The van der Waals surface area contributed by atoms with Gasteiger partial charge in [-0.2, -0.15) is 0 Å². The first-order valence-corrected chi connectivity index (χ1v) is 9.78. The van der Waals surface area contributed by atoms with Crippen molar-refractivity contribution >= 4 is 69.7 Å². The van der Waals surface area contributed by atoms with Crippen LogP contribution < -0.4 is 16.0 Å². The summed E-state index contributed by atoms with van der Waals surface area (Å²) in [6.45, 7) is 5.85. The van der Waals surface area contributed by atoms with Gasteiger partial charge in [0.2, 0.25) is 9.70 Å². The van der Waals surface area contributed by atoms with Crippen molar-refractivity contribution in [2.45, 2.75) is 37.2 Å². The van der Waals surface area contributed by atoms with Gasteiger partial charge in [-0.15, -0.1) is 0 Å². The minimum Gasteiger partial charge on any atom is -0.462 e. The van der Waals surface area contributed by atoms with Crippen molar-refractivity contribution in [3.05, 3.63) is 29.8 Å². The van der Waals surface area contributed by atoms with Gasteiger partial charge in [-0.05, 0) is 49.3 Å². The Balaban J connectivity index is 2.71. The Morgan fingerprint density at radius 3 is 2.22 bits per heavy atom. The Morgan fingerprint density at radius 1 is 1.15 bits per heavy atom. The van der Waals surface area contributed by atoms with Gasteiger partial charge < -0.3 is 20.7 Å². The third-order valence-corrected chi connectivity index (χ3v) is 4.03. The molecule has 27 heavy (non-hydrogen) atoms. The van der Waals surface area contributed by atoms with Crippen molar-refractivity contribution in [2.24, 2.45) is 5.92 Å². The van der Waals surface area contributed by atoms with Crippen molar-refractivity contribution in [2.75, 3.05) is 11.9 Å². The normalized spacial score (nSPS) is 12.3. The van der Waals surface area contributed by atoms with Gasteiger partial charge in [-0.3, -0.25) is 4.79 Å². The van der Waals surface area contributed by atoms with Crippen LogP contribution in [0, 0.1) is 5.92 Å². The number of carbonyl (C=O) groups excluding carboxylic acids is 2. The highest BCUT2D eigenvalue weighted by Crippen LogP contribution is 2.29. The van der Waals surface area contributed by atoms with E-state index in [1.807, 2.05) is 13.8 Å². The lowest BCUT2D eigenvalue weighted by Gasteiger charge is -2.28. The van der Waals surface area contributed by atoms with Crippen LogP contribution in [0.25, 0.3) is 0 Å². The summed E-state index contributed by atoms with van der Waals surface area (Å²) in [7, 11) is 0. The Labute approximate surface area is 179 Å². The predicted molar refractivity (Wildman–Crippen MR) is 113 cm³/mol. The van der Waals surface area contributed by atoms with Crippen LogP contribution in [0.4, 0.5) is 5.69 Å². The van der Waals surface area contributed by atoms with Crippen LogP contribution in [0.3, 0.4) is 0 Å². The summed E-state index contributed by atoms with van der Waals surface area (Å²) in [5, 5.41) is 8.41. The van der Waals surface area contributed by atoms with Crippen molar-refractivity contribution in [3.8, 4) is 0 Å². The van der Waals surface area contributed by atoms with Gasteiger partial charge in [0.1, 0.15) is 6.17 Å². The fourth-order valence-electron chi connectivity index (χ4n) is 1.99. The average Bonchev–Trinajstić information content (AvgIpc) is 2.53. The molecule has 1 aromatic carbocycles. The van der Waals surface area contributed by atoms with Gasteiger partial charge >= 0.3 is 5.97 Å². The summed E-state index contributed by atoms with van der Waals surface area (Å²) in [6.07, 6.45) is -0.735. The number of benzene rings is 1. The zero-order valence-electron chi connectivity index (χ0n) is 15.1. The molecule has 6 nitrogen and oxygen atoms in total. The molecule has 0 saturated heterocycles. The van der Waals surface area contributed by atoms with Gasteiger partial charge in [0.05, 0.1) is 12.2 Å². The molecule has 150 valence electrons. The van der Waals surface area contributed by atoms with E-state index in [1.165, 1.54) is 0 Å². The van der Waals surface area contributed by atoms with E-state index in [-0.39, 0.29) is 23.4 Å². The van der Waals surface area contributed by atoms with Crippen molar-refractivity contribution < 1.29 is 14.3 Å². The second-order valence-electron chi connectivity index (χ2n) is 6.04. The highest BCUT2D eigenvalue weighted by Gasteiger charge is 2.34. The Hall–Kier alpha value is -1.28. The highest BCUT2D eigenvalue weighted by molar-refractivity contribution is 7.80. The van der Waals surface area contributed by atoms with E-state index in [0.717, 1.165) is 0 Å². The molecule has 0 saturated carbocycles. The molecule has 0 fully saturated rings. The summed E-state index contributed by atoms with van der Waals surface area (Å²) in [5.41, 5.74) is 1.03. The molecule has 1 aromatic rings. The second-order valence-corrected chi connectivity index (χ2v) is 8.81.